The lowest BCUT2D eigenvalue weighted by Crippen LogP contribution is -2.29. The number of rotatable bonds is 0. The van der Waals surface area contributed by atoms with Gasteiger partial charge in [-0.15, -0.1) is 0 Å². The molecule has 0 saturated carbocycles. The van der Waals surface area contributed by atoms with Gasteiger partial charge in [0.2, 0.25) is 0 Å². The second-order valence-electron chi connectivity index (χ2n) is 10.3. The highest BCUT2D eigenvalue weighted by atomic mass is 14.5. The van der Waals surface area contributed by atoms with E-state index in [4.69, 9.17) is 0 Å². The van der Waals surface area contributed by atoms with Gasteiger partial charge in [0.1, 0.15) is 0 Å². The van der Waals surface area contributed by atoms with Gasteiger partial charge in [0.25, 0.3) is 0 Å². The Morgan fingerprint density at radius 2 is 1.68 bits per heavy atom. The first-order valence-electron chi connectivity index (χ1n) is 10.8. The fourth-order valence-electron chi connectivity index (χ4n) is 5.88. The van der Waals surface area contributed by atoms with E-state index < -0.39 is 0 Å². The molecule has 6 rings (SSSR count). The molecule has 1 aromatic carbocycles. The predicted octanol–water partition coefficient (Wildman–Crippen LogP) is 7.27. The first-order chi connectivity index (χ1) is 13.3. The summed E-state index contributed by atoms with van der Waals surface area (Å²) in [4.78, 5) is 0. The SMILES string of the molecule is Cc1cc2c(cc1C)C1=C3C2=CC2=CC(C(C)(C)C)=CC4C=CC(=C3C24)CC1. The molecule has 0 amide bonds. The van der Waals surface area contributed by atoms with Gasteiger partial charge in [-0.3, -0.25) is 0 Å². The zero-order chi connectivity index (χ0) is 19.4. The minimum atomic E-state index is 0.189. The van der Waals surface area contributed by atoms with Crippen molar-refractivity contribution in [3.05, 3.63) is 92.6 Å². The zero-order valence-electron chi connectivity index (χ0n) is 17.6. The van der Waals surface area contributed by atoms with Crippen LogP contribution in [-0.4, -0.2) is 0 Å². The molecule has 2 unspecified atom stereocenters. The Labute approximate surface area is 168 Å². The lowest BCUT2D eigenvalue weighted by atomic mass is 9.62. The van der Waals surface area contributed by atoms with Gasteiger partial charge in [-0.05, 0) is 99.4 Å². The van der Waals surface area contributed by atoms with Crippen molar-refractivity contribution >= 4 is 11.1 Å². The third-order valence-electron chi connectivity index (χ3n) is 7.53. The van der Waals surface area contributed by atoms with Crippen LogP contribution in [0.1, 0.15) is 55.9 Å². The lowest BCUT2D eigenvalue weighted by molar-refractivity contribution is 0.490. The van der Waals surface area contributed by atoms with E-state index in [0.717, 1.165) is 0 Å². The molecule has 0 nitrogen and oxygen atoms in total. The highest BCUT2D eigenvalue weighted by molar-refractivity contribution is 6.07. The highest BCUT2D eigenvalue weighted by Gasteiger charge is 2.44. The van der Waals surface area contributed by atoms with Gasteiger partial charge >= 0.3 is 0 Å². The summed E-state index contributed by atoms with van der Waals surface area (Å²) in [6.45, 7) is 11.5. The predicted molar refractivity (Wildman–Crippen MR) is 119 cm³/mol. The van der Waals surface area contributed by atoms with E-state index in [2.05, 4.69) is 77.1 Å². The topological polar surface area (TPSA) is 0 Å². The molecule has 0 fully saturated rings. The molecule has 0 spiro atoms. The van der Waals surface area contributed by atoms with Crippen LogP contribution in [0.25, 0.3) is 11.1 Å². The van der Waals surface area contributed by atoms with Crippen molar-refractivity contribution in [2.45, 2.75) is 47.5 Å². The number of hydrogen-bond donors (Lipinski definition) is 0. The molecule has 0 aliphatic heterocycles. The molecule has 0 N–H and O–H groups in total. The van der Waals surface area contributed by atoms with Crippen LogP contribution < -0.4 is 0 Å². The maximum Gasteiger partial charge on any atom is 0.0196 e. The first-order valence-corrected chi connectivity index (χ1v) is 10.8. The standard InChI is InChI=1S/C28H28/c1-15-10-22-21-9-8-17-6-7-18-12-20(28(3,4)5)13-19-14-24(23(22)11-16(15)2)27(21)26(17)25(18)19/h6-7,10-14,18,25H,8-9H2,1-5H3. The number of fused-ring (bicyclic) bond motifs is 3. The summed E-state index contributed by atoms with van der Waals surface area (Å²) in [6.07, 6.45) is 14.9. The van der Waals surface area contributed by atoms with Crippen LogP contribution in [0.4, 0.5) is 0 Å². The summed E-state index contributed by atoms with van der Waals surface area (Å²) in [5.41, 5.74) is 16.9. The Kier molecular flexibility index (Phi) is 3.07. The van der Waals surface area contributed by atoms with E-state index >= 15 is 0 Å². The smallest absolute Gasteiger partial charge is 0.0196 e. The van der Waals surface area contributed by atoms with Crippen LogP contribution in [0.3, 0.4) is 0 Å². The molecular formula is C28H28. The van der Waals surface area contributed by atoms with Gasteiger partial charge in [0.15, 0.2) is 0 Å². The molecular weight excluding hydrogens is 336 g/mol. The Morgan fingerprint density at radius 3 is 2.43 bits per heavy atom. The monoisotopic (exact) mass is 364 g/mol. The molecule has 0 bridgehead atoms. The number of hydrogen-bond acceptors (Lipinski definition) is 0. The van der Waals surface area contributed by atoms with Crippen molar-refractivity contribution in [3.63, 3.8) is 0 Å². The summed E-state index contributed by atoms with van der Waals surface area (Å²) in [5, 5.41) is 0. The average molecular weight is 365 g/mol. The van der Waals surface area contributed by atoms with E-state index in [0.29, 0.717) is 11.8 Å². The van der Waals surface area contributed by atoms with Gasteiger partial charge in [-0.2, -0.15) is 0 Å². The quantitative estimate of drug-likeness (QED) is 0.454. The average Bonchev–Trinajstić information content (AvgIpc) is 2.95. The van der Waals surface area contributed by atoms with Crippen LogP contribution in [-0.2, 0) is 0 Å². The maximum absolute atomic E-state index is 2.54. The van der Waals surface area contributed by atoms with E-state index in [1.54, 1.807) is 22.3 Å². The summed E-state index contributed by atoms with van der Waals surface area (Å²) >= 11 is 0. The van der Waals surface area contributed by atoms with Crippen LogP contribution in [0.2, 0.25) is 0 Å². The maximum atomic E-state index is 2.54. The van der Waals surface area contributed by atoms with E-state index in [9.17, 15) is 0 Å². The van der Waals surface area contributed by atoms with E-state index in [1.165, 1.54) is 51.8 Å². The third-order valence-corrected chi connectivity index (χ3v) is 7.53. The zero-order valence-corrected chi connectivity index (χ0v) is 17.6. The molecule has 0 saturated heterocycles. The van der Waals surface area contributed by atoms with Crippen LogP contribution in [0, 0.1) is 31.1 Å². The number of allylic oxidation sites excluding steroid dienone is 12. The van der Waals surface area contributed by atoms with Crippen LogP contribution >= 0.6 is 0 Å². The van der Waals surface area contributed by atoms with Crippen molar-refractivity contribution < 1.29 is 0 Å². The fourth-order valence-corrected chi connectivity index (χ4v) is 5.88. The Hall–Kier alpha value is -2.34. The van der Waals surface area contributed by atoms with Crippen molar-refractivity contribution in [3.8, 4) is 0 Å². The van der Waals surface area contributed by atoms with Gasteiger partial charge in [-0.1, -0.05) is 57.2 Å². The molecule has 0 heterocycles. The molecule has 5 aliphatic rings. The van der Waals surface area contributed by atoms with E-state index in [-0.39, 0.29) is 5.41 Å². The summed E-state index contributed by atoms with van der Waals surface area (Å²) in [5.74, 6) is 1.03. The van der Waals surface area contributed by atoms with Gasteiger partial charge in [-0.25, -0.2) is 0 Å². The van der Waals surface area contributed by atoms with Crippen molar-refractivity contribution in [1.82, 2.24) is 0 Å². The molecule has 5 aliphatic carbocycles. The van der Waals surface area contributed by atoms with Crippen LogP contribution in [0.15, 0.2) is 70.4 Å². The number of aryl methyl sites for hydroxylation is 2. The summed E-state index contributed by atoms with van der Waals surface area (Å²) < 4.78 is 0. The minimum absolute atomic E-state index is 0.189. The molecule has 28 heavy (non-hydrogen) atoms. The fraction of sp³-hybridized carbons (Fsp3) is 0.357. The highest BCUT2D eigenvalue weighted by Crippen LogP contribution is 2.60. The second-order valence-corrected chi connectivity index (χ2v) is 10.3. The lowest BCUT2D eigenvalue weighted by Gasteiger charge is -2.42. The Balaban J connectivity index is 1.66. The molecule has 0 heteroatoms. The van der Waals surface area contributed by atoms with Crippen molar-refractivity contribution in [2.24, 2.45) is 17.3 Å². The van der Waals surface area contributed by atoms with Gasteiger partial charge in [0.05, 0.1) is 0 Å². The molecule has 140 valence electrons. The molecule has 1 aromatic rings. The Bertz CT molecular complexity index is 1150. The van der Waals surface area contributed by atoms with Gasteiger partial charge < -0.3 is 0 Å². The summed E-state index contributed by atoms with van der Waals surface area (Å²) in [7, 11) is 0. The molecule has 0 radical (unpaired) electrons. The second kappa shape index (κ2) is 5.17. The molecule has 0 aromatic heterocycles. The summed E-state index contributed by atoms with van der Waals surface area (Å²) in [6, 6.07) is 4.89. The Morgan fingerprint density at radius 1 is 0.929 bits per heavy atom. The molecule has 2 atom stereocenters. The third kappa shape index (κ3) is 2.01. The van der Waals surface area contributed by atoms with Crippen LogP contribution in [0.5, 0.6) is 0 Å². The largest absolute Gasteiger partial charge is 0.0764 e. The minimum Gasteiger partial charge on any atom is -0.0764 e. The number of benzene rings is 1. The van der Waals surface area contributed by atoms with Gasteiger partial charge in [0, 0.05) is 11.8 Å². The van der Waals surface area contributed by atoms with Crippen molar-refractivity contribution in [1.29, 1.82) is 0 Å². The normalized spacial score (nSPS) is 26.7. The van der Waals surface area contributed by atoms with E-state index in [1.807, 2.05) is 0 Å². The van der Waals surface area contributed by atoms with Crippen molar-refractivity contribution in [2.75, 3.05) is 0 Å². The first kappa shape index (κ1) is 16.6.